The van der Waals surface area contributed by atoms with E-state index in [1.54, 1.807) is 30.9 Å². The van der Waals surface area contributed by atoms with Crippen molar-refractivity contribution in [2.75, 3.05) is 12.9 Å². The van der Waals surface area contributed by atoms with E-state index in [1.165, 1.54) is 47.1 Å². The van der Waals surface area contributed by atoms with Gasteiger partial charge in [0.25, 0.3) is 11.8 Å². The number of hydrazone groups is 1. The third-order valence-electron chi connectivity index (χ3n) is 6.59. The van der Waals surface area contributed by atoms with E-state index >= 15 is 0 Å². The summed E-state index contributed by atoms with van der Waals surface area (Å²) in [6, 6.07) is 18.5. The molecule has 1 aliphatic heterocycles. The molecule has 9 nitrogen and oxygen atoms in total. The summed E-state index contributed by atoms with van der Waals surface area (Å²) in [6.45, 7) is 0.0711. The van der Waals surface area contributed by atoms with Gasteiger partial charge in [-0.1, -0.05) is 30.0 Å². The molecule has 0 unspecified atom stereocenters. The molecule has 0 saturated heterocycles. The van der Waals surface area contributed by atoms with Crippen molar-refractivity contribution in [3.05, 3.63) is 107 Å². The highest BCUT2D eigenvalue weighted by Gasteiger charge is 2.33. The number of amides is 2. The van der Waals surface area contributed by atoms with Crippen LogP contribution in [0.3, 0.4) is 0 Å². The van der Waals surface area contributed by atoms with Crippen LogP contribution in [0.1, 0.15) is 39.8 Å². The lowest BCUT2D eigenvalue weighted by Gasteiger charge is -2.22. The minimum absolute atomic E-state index is 0.0265. The Morgan fingerprint density at radius 3 is 2.49 bits per heavy atom. The number of aromatic nitrogens is 3. The van der Waals surface area contributed by atoms with Crippen LogP contribution in [0.25, 0.3) is 0 Å². The molecule has 210 valence electrons. The van der Waals surface area contributed by atoms with Gasteiger partial charge >= 0.3 is 0 Å². The molecule has 1 aromatic heterocycles. The van der Waals surface area contributed by atoms with Gasteiger partial charge in [-0.2, -0.15) is 5.10 Å². The molecule has 1 atom stereocenters. The maximum absolute atomic E-state index is 13.6. The molecule has 4 aromatic rings. The first kappa shape index (κ1) is 28.0. The third kappa shape index (κ3) is 6.43. The fraction of sp³-hybridized carbons (Fsp3) is 0.207. The second kappa shape index (κ2) is 12.3. The van der Waals surface area contributed by atoms with Gasteiger partial charge in [0.2, 0.25) is 0 Å². The van der Waals surface area contributed by atoms with Crippen molar-refractivity contribution in [3.63, 3.8) is 0 Å². The standard InChI is InChI=1S/C29H26F2N6O3S/c1-36-26(16-32-28(39)20-4-3-5-22(31)14-20)33-34-29(36)41-17-27(38)37-25(19-6-10-21(30)11-7-19)15-24(35-37)18-8-12-23(40-2)13-9-18/h3-14,25H,15-17H2,1-2H3,(H,32,39)/t25-/m1/s1. The number of rotatable bonds is 9. The Kier molecular flexibility index (Phi) is 8.39. The number of methoxy groups -OCH3 is 1. The Bertz CT molecular complexity index is 1590. The van der Waals surface area contributed by atoms with E-state index in [0.717, 1.165) is 22.9 Å². The van der Waals surface area contributed by atoms with E-state index < -0.39 is 17.8 Å². The number of benzene rings is 3. The molecular weight excluding hydrogens is 550 g/mol. The van der Waals surface area contributed by atoms with Crippen molar-refractivity contribution in [1.29, 1.82) is 0 Å². The molecular formula is C29H26F2N6O3S. The Labute approximate surface area is 239 Å². The van der Waals surface area contributed by atoms with Crippen LogP contribution in [-0.4, -0.2) is 50.2 Å². The van der Waals surface area contributed by atoms with Crippen LogP contribution in [0.4, 0.5) is 8.78 Å². The third-order valence-corrected chi connectivity index (χ3v) is 7.59. The Morgan fingerprint density at radius 1 is 1.02 bits per heavy atom. The number of hydrogen-bond donors (Lipinski definition) is 1. The summed E-state index contributed by atoms with van der Waals surface area (Å²) >= 11 is 1.19. The smallest absolute Gasteiger partial charge is 0.253 e. The summed E-state index contributed by atoms with van der Waals surface area (Å²) in [5.74, 6) is -0.349. The molecule has 0 spiro atoms. The zero-order valence-corrected chi connectivity index (χ0v) is 23.1. The number of nitrogens with zero attached hydrogens (tertiary/aromatic N) is 5. The maximum Gasteiger partial charge on any atom is 0.253 e. The number of nitrogens with one attached hydrogen (secondary N) is 1. The Morgan fingerprint density at radius 2 is 1.78 bits per heavy atom. The van der Waals surface area contributed by atoms with Crippen LogP contribution < -0.4 is 10.1 Å². The van der Waals surface area contributed by atoms with Crippen LogP contribution in [0.15, 0.2) is 83.1 Å². The van der Waals surface area contributed by atoms with Crippen molar-refractivity contribution in [1.82, 2.24) is 25.1 Å². The zero-order chi connectivity index (χ0) is 28.9. The van der Waals surface area contributed by atoms with Crippen molar-refractivity contribution in [2.24, 2.45) is 12.1 Å². The zero-order valence-electron chi connectivity index (χ0n) is 22.3. The first-order valence-electron chi connectivity index (χ1n) is 12.7. The van der Waals surface area contributed by atoms with Gasteiger partial charge in [-0.15, -0.1) is 10.2 Å². The van der Waals surface area contributed by atoms with E-state index in [0.29, 0.717) is 23.2 Å². The number of hydrogen-bond acceptors (Lipinski definition) is 7. The highest BCUT2D eigenvalue weighted by molar-refractivity contribution is 7.99. The van der Waals surface area contributed by atoms with Crippen molar-refractivity contribution < 1.29 is 23.1 Å². The van der Waals surface area contributed by atoms with Gasteiger partial charge in [-0.25, -0.2) is 13.8 Å². The molecule has 0 bridgehead atoms. The second-order valence-corrected chi connectivity index (χ2v) is 10.2. The molecule has 0 fully saturated rings. The Hall–Kier alpha value is -4.58. The van der Waals surface area contributed by atoms with E-state index in [9.17, 15) is 18.4 Å². The van der Waals surface area contributed by atoms with Gasteiger partial charge in [0.05, 0.1) is 31.2 Å². The molecule has 5 rings (SSSR count). The minimum Gasteiger partial charge on any atom is -0.497 e. The molecule has 0 saturated carbocycles. The maximum atomic E-state index is 13.6. The fourth-order valence-corrected chi connectivity index (χ4v) is 5.13. The first-order chi connectivity index (χ1) is 19.8. The monoisotopic (exact) mass is 576 g/mol. The van der Waals surface area contributed by atoms with E-state index in [2.05, 4.69) is 20.6 Å². The summed E-state index contributed by atoms with van der Waals surface area (Å²) in [5, 5.41) is 17.5. The fourth-order valence-electron chi connectivity index (χ4n) is 4.35. The topological polar surface area (TPSA) is 102 Å². The lowest BCUT2D eigenvalue weighted by Crippen LogP contribution is -2.28. The van der Waals surface area contributed by atoms with Crippen molar-refractivity contribution in [3.8, 4) is 5.75 Å². The lowest BCUT2D eigenvalue weighted by atomic mass is 9.98. The molecule has 0 radical (unpaired) electrons. The largest absolute Gasteiger partial charge is 0.497 e. The first-order valence-corrected chi connectivity index (χ1v) is 13.6. The van der Waals surface area contributed by atoms with Gasteiger partial charge in [-0.05, 0) is 65.7 Å². The lowest BCUT2D eigenvalue weighted by molar-refractivity contribution is -0.130. The summed E-state index contributed by atoms with van der Waals surface area (Å²) < 4.78 is 34.0. The normalized spacial score (nSPS) is 14.6. The molecule has 12 heteroatoms. The van der Waals surface area contributed by atoms with Gasteiger partial charge in [0.15, 0.2) is 11.0 Å². The van der Waals surface area contributed by atoms with E-state index in [1.807, 2.05) is 24.3 Å². The van der Waals surface area contributed by atoms with Crippen LogP contribution in [0.5, 0.6) is 5.75 Å². The van der Waals surface area contributed by atoms with Crippen LogP contribution in [0, 0.1) is 11.6 Å². The average molecular weight is 577 g/mol. The molecule has 2 heterocycles. The predicted octanol–water partition coefficient (Wildman–Crippen LogP) is 4.50. The van der Waals surface area contributed by atoms with Gasteiger partial charge in [-0.3, -0.25) is 9.59 Å². The van der Waals surface area contributed by atoms with Gasteiger partial charge in [0, 0.05) is 19.0 Å². The predicted molar refractivity (Wildman–Crippen MR) is 149 cm³/mol. The van der Waals surface area contributed by atoms with Crippen LogP contribution >= 0.6 is 11.8 Å². The van der Waals surface area contributed by atoms with Gasteiger partial charge in [0.1, 0.15) is 17.4 Å². The molecule has 0 aliphatic carbocycles. The molecule has 2 amide bonds. The van der Waals surface area contributed by atoms with Crippen molar-refractivity contribution in [2.45, 2.75) is 24.2 Å². The quantitative estimate of drug-likeness (QED) is 0.295. The summed E-state index contributed by atoms with van der Waals surface area (Å²) in [7, 11) is 3.32. The van der Waals surface area contributed by atoms with Crippen LogP contribution in [0.2, 0.25) is 0 Å². The number of thioether (sulfide) groups is 1. The van der Waals surface area contributed by atoms with E-state index in [4.69, 9.17) is 4.74 Å². The number of carbonyl (C=O) groups is 2. The highest BCUT2D eigenvalue weighted by atomic mass is 32.2. The number of halogens is 2. The van der Waals surface area contributed by atoms with Crippen molar-refractivity contribution >= 4 is 29.3 Å². The number of carbonyl (C=O) groups excluding carboxylic acids is 2. The second-order valence-electron chi connectivity index (χ2n) is 9.22. The SMILES string of the molecule is COc1ccc(C2=NN(C(=O)CSc3nnc(CNC(=O)c4cccc(F)c4)n3C)[C@@H](c3ccc(F)cc3)C2)cc1. The summed E-state index contributed by atoms with van der Waals surface area (Å²) in [6.07, 6.45) is 0.466. The molecule has 1 aliphatic rings. The minimum atomic E-state index is -0.500. The molecule has 41 heavy (non-hydrogen) atoms. The summed E-state index contributed by atoms with van der Waals surface area (Å²) in [4.78, 5) is 25.8. The van der Waals surface area contributed by atoms with Gasteiger partial charge < -0.3 is 14.6 Å². The van der Waals surface area contributed by atoms with Crippen LogP contribution in [-0.2, 0) is 18.4 Å². The molecule has 3 aromatic carbocycles. The number of ether oxygens (including phenoxy) is 1. The average Bonchev–Trinajstić information content (AvgIpc) is 3.59. The van der Waals surface area contributed by atoms with E-state index in [-0.39, 0.29) is 29.6 Å². The summed E-state index contributed by atoms with van der Waals surface area (Å²) in [5.41, 5.74) is 2.56. The molecule has 1 N–H and O–H groups in total. The highest BCUT2D eigenvalue weighted by Crippen LogP contribution is 2.34. The Balaban J connectivity index is 1.27.